The van der Waals surface area contributed by atoms with Crippen molar-refractivity contribution in [2.45, 2.75) is 71.1 Å². The molecule has 1 heteroatoms. The summed E-state index contributed by atoms with van der Waals surface area (Å²) in [6.45, 7) is 2.25. The Bertz CT molecular complexity index is 431. The molecule has 0 atom stereocenters. The third kappa shape index (κ3) is 10.3. The van der Waals surface area contributed by atoms with E-state index in [0.29, 0.717) is 5.75 Å². The molecule has 1 N–H and O–H groups in total. The van der Waals surface area contributed by atoms with E-state index in [2.05, 4.69) is 37.3 Å². The number of hydrogen-bond acceptors (Lipinski definition) is 1. The van der Waals surface area contributed by atoms with Crippen LogP contribution < -0.4 is 0 Å². The molecular weight excluding hydrogens is 268 g/mol. The van der Waals surface area contributed by atoms with Crippen LogP contribution in [-0.4, -0.2) is 5.11 Å². The summed E-state index contributed by atoms with van der Waals surface area (Å²) < 4.78 is 0. The van der Waals surface area contributed by atoms with Crippen molar-refractivity contribution < 1.29 is 5.11 Å². The fraction of sp³-hybridized carbons (Fsp3) is 0.524. The van der Waals surface area contributed by atoms with Crippen molar-refractivity contribution in [2.75, 3.05) is 0 Å². The molecule has 0 bridgehead atoms. The Morgan fingerprint density at radius 3 is 2.27 bits per heavy atom. The Morgan fingerprint density at radius 1 is 0.864 bits per heavy atom. The number of allylic oxidation sites excluding steroid dienone is 4. The van der Waals surface area contributed by atoms with Crippen LogP contribution in [-0.2, 0) is 6.42 Å². The molecule has 0 aromatic heterocycles. The third-order valence-corrected chi connectivity index (χ3v) is 3.83. The summed E-state index contributed by atoms with van der Waals surface area (Å²) in [4.78, 5) is 0. The van der Waals surface area contributed by atoms with E-state index in [1.807, 2.05) is 12.1 Å². The second kappa shape index (κ2) is 13.2. The molecule has 0 spiro atoms. The van der Waals surface area contributed by atoms with E-state index in [-0.39, 0.29) is 0 Å². The lowest BCUT2D eigenvalue weighted by Gasteiger charge is -2.01. The van der Waals surface area contributed by atoms with Crippen LogP contribution in [0.5, 0.6) is 5.75 Å². The van der Waals surface area contributed by atoms with Gasteiger partial charge in [0.25, 0.3) is 0 Å². The van der Waals surface area contributed by atoms with E-state index in [4.69, 9.17) is 0 Å². The highest BCUT2D eigenvalue weighted by Crippen LogP contribution is 2.14. The van der Waals surface area contributed by atoms with Crippen LogP contribution >= 0.6 is 0 Å². The van der Waals surface area contributed by atoms with E-state index in [1.165, 1.54) is 56.9 Å². The summed E-state index contributed by atoms with van der Waals surface area (Å²) >= 11 is 0. The molecule has 1 rings (SSSR count). The average molecular weight is 300 g/mol. The van der Waals surface area contributed by atoms with Crippen LogP contribution in [0.25, 0.3) is 0 Å². The van der Waals surface area contributed by atoms with Gasteiger partial charge in [0.2, 0.25) is 0 Å². The van der Waals surface area contributed by atoms with Gasteiger partial charge < -0.3 is 5.11 Å². The molecule has 1 aromatic carbocycles. The molecule has 122 valence electrons. The number of aromatic hydroxyl groups is 1. The van der Waals surface area contributed by atoms with Crippen LogP contribution in [0.4, 0.5) is 0 Å². The molecule has 0 fully saturated rings. The zero-order chi connectivity index (χ0) is 15.9. The Balaban J connectivity index is 1.93. The van der Waals surface area contributed by atoms with Crippen molar-refractivity contribution in [3.05, 3.63) is 54.1 Å². The quantitative estimate of drug-likeness (QED) is 0.341. The van der Waals surface area contributed by atoms with Crippen molar-refractivity contribution in [2.24, 2.45) is 0 Å². The molecule has 0 saturated heterocycles. The van der Waals surface area contributed by atoms with Crippen LogP contribution in [0.1, 0.15) is 70.3 Å². The molecule has 1 aromatic rings. The molecule has 0 aliphatic carbocycles. The fourth-order valence-electron chi connectivity index (χ4n) is 2.50. The van der Waals surface area contributed by atoms with Gasteiger partial charge in [-0.05, 0) is 62.6 Å². The first-order valence-corrected chi connectivity index (χ1v) is 8.91. The number of aryl methyl sites for hydroxylation is 1. The Morgan fingerprint density at radius 2 is 1.59 bits per heavy atom. The van der Waals surface area contributed by atoms with Crippen LogP contribution in [0.3, 0.4) is 0 Å². The molecular formula is C21H32O. The lowest BCUT2D eigenvalue weighted by Crippen LogP contribution is -1.85. The smallest absolute Gasteiger partial charge is 0.115 e. The molecule has 0 aliphatic heterocycles. The van der Waals surface area contributed by atoms with Gasteiger partial charge in [-0.25, -0.2) is 0 Å². The van der Waals surface area contributed by atoms with Crippen LogP contribution in [0.2, 0.25) is 0 Å². The fourth-order valence-corrected chi connectivity index (χ4v) is 2.50. The van der Waals surface area contributed by atoms with Crippen LogP contribution in [0.15, 0.2) is 48.6 Å². The highest BCUT2D eigenvalue weighted by molar-refractivity contribution is 5.27. The summed E-state index contributed by atoms with van der Waals surface area (Å²) in [5.74, 6) is 0.378. The maximum Gasteiger partial charge on any atom is 0.115 e. The topological polar surface area (TPSA) is 20.2 Å². The zero-order valence-electron chi connectivity index (χ0n) is 14.1. The molecule has 1 nitrogen and oxygen atoms in total. The minimum atomic E-state index is 0.378. The largest absolute Gasteiger partial charge is 0.508 e. The molecule has 0 aliphatic rings. The van der Waals surface area contributed by atoms with Gasteiger partial charge in [0, 0.05) is 0 Å². The van der Waals surface area contributed by atoms with Gasteiger partial charge in [-0.3, -0.25) is 0 Å². The Kier molecular flexibility index (Phi) is 11.1. The number of phenols is 1. The molecule has 0 saturated carbocycles. The van der Waals surface area contributed by atoms with E-state index in [9.17, 15) is 5.11 Å². The van der Waals surface area contributed by atoms with Gasteiger partial charge in [0.1, 0.15) is 5.75 Å². The second-order valence-corrected chi connectivity index (χ2v) is 5.94. The first-order chi connectivity index (χ1) is 10.8. The van der Waals surface area contributed by atoms with Crippen molar-refractivity contribution in [3.8, 4) is 5.75 Å². The molecule has 22 heavy (non-hydrogen) atoms. The number of unbranched alkanes of at least 4 members (excludes halogenated alkanes) is 6. The molecule has 0 heterocycles. The second-order valence-electron chi connectivity index (χ2n) is 5.94. The summed E-state index contributed by atoms with van der Waals surface area (Å²) in [5.41, 5.74) is 1.24. The number of rotatable bonds is 12. The van der Waals surface area contributed by atoms with Gasteiger partial charge in [-0.15, -0.1) is 0 Å². The summed E-state index contributed by atoms with van der Waals surface area (Å²) in [6, 6.07) is 7.61. The van der Waals surface area contributed by atoms with Gasteiger partial charge in [0.15, 0.2) is 0 Å². The minimum Gasteiger partial charge on any atom is -0.508 e. The predicted molar refractivity (Wildman–Crippen MR) is 97.3 cm³/mol. The van der Waals surface area contributed by atoms with Gasteiger partial charge in [-0.2, -0.15) is 0 Å². The summed E-state index contributed by atoms with van der Waals surface area (Å²) in [5, 5.41) is 9.40. The summed E-state index contributed by atoms with van der Waals surface area (Å²) in [6.07, 6.45) is 21.5. The normalized spacial score (nSPS) is 11.7. The van der Waals surface area contributed by atoms with Crippen LogP contribution in [0, 0.1) is 0 Å². The number of phenolic OH excluding ortho intramolecular Hbond substituents is 1. The first kappa shape index (κ1) is 18.5. The Labute approximate surface area is 136 Å². The van der Waals surface area contributed by atoms with E-state index < -0.39 is 0 Å². The van der Waals surface area contributed by atoms with Gasteiger partial charge in [0.05, 0.1) is 0 Å². The Hall–Kier alpha value is -1.50. The highest BCUT2D eigenvalue weighted by Gasteiger charge is 1.94. The first-order valence-electron chi connectivity index (χ1n) is 8.91. The average Bonchev–Trinajstić information content (AvgIpc) is 2.52. The van der Waals surface area contributed by atoms with E-state index in [1.54, 1.807) is 6.07 Å². The number of benzene rings is 1. The maximum absolute atomic E-state index is 9.40. The van der Waals surface area contributed by atoms with Gasteiger partial charge in [-0.1, -0.05) is 62.6 Å². The standard InChI is InChI=1S/C21H32O/c1-2-3-4-5-6-7-8-9-10-11-12-13-14-16-20-17-15-18-21(22)19-20/h6-7,9-10,15,17-19,22H,2-5,8,11-14,16H2,1H3/b7-6+,10-9+. The maximum atomic E-state index is 9.40. The van der Waals surface area contributed by atoms with Gasteiger partial charge >= 0.3 is 0 Å². The summed E-state index contributed by atoms with van der Waals surface area (Å²) in [7, 11) is 0. The number of hydrogen-bond donors (Lipinski definition) is 1. The highest BCUT2D eigenvalue weighted by atomic mass is 16.3. The van der Waals surface area contributed by atoms with Crippen molar-refractivity contribution >= 4 is 0 Å². The molecule has 0 amide bonds. The lowest BCUT2D eigenvalue weighted by atomic mass is 10.1. The van der Waals surface area contributed by atoms with Crippen molar-refractivity contribution in [1.29, 1.82) is 0 Å². The van der Waals surface area contributed by atoms with Crippen molar-refractivity contribution in [3.63, 3.8) is 0 Å². The van der Waals surface area contributed by atoms with E-state index >= 15 is 0 Å². The SMILES string of the molecule is CCCCC/C=C/C/C=C/CCCCCc1cccc(O)c1. The minimum absolute atomic E-state index is 0.378. The van der Waals surface area contributed by atoms with E-state index in [0.717, 1.165) is 12.8 Å². The molecule has 0 unspecified atom stereocenters. The zero-order valence-corrected chi connectivity index (χ0v) is 14.1. The predicted octanol–water partition coefficient (Wildman–Crippen LogP) is 6.58. The molecule has 0 radical (unpaired) electrons. The lowest BCUT2D eigenvalue weighted by molar-refractivity contribution is 0.474. The monoisotopic (exact) mass is 300 g/mol. The third-order valence-electron chi connectivity index (χ3n) is 3.83. The van der Waals surface area contributed by atoms with Crippen molar-refractivity contribution in [1.82, 2.24) is 0 Å².